The Hall–Kier alpha value is -1.89. The van der Waals surface area contributed by atoms with Gasteiger partial charge in [-0.2, -0.15) is 0 Å². The van der Waals surface area contributed by atoms with Crippen LogP contribution in [0, 0.1) is 5.92 Å². The molecule has 1 atom stereocenters. The largest absolute Gasteiger partial charge is 0.351 e. The van der Waals surface area contributed by atoms with Crippen molar-refractivity contribution in [3.63, 3.8) is 0 Å². The van der Waals surface area contributed by atoms with Crippen LogP contribution in [0.25, 0.3) is 0 Å². The summed E-state index contributed by atoms with van der Waals surface area (Å²) in [6.07, 6.45) is 1.60. The number of thiophene rings is 1. The van der Waals surface area contributed by atoms with Crippen molar-refractivity contribution in [2.45, 2.75) is 12.8 Å². The number of likely N-dealkylation sites (tertiary alicyclic amines) is 1. The Labute approximate surface area is 127 Å². The van der Waals surface area contributed by atoms with E-state index in [1.165, 1.54) is 23.3 Å². The Kier molecular flexibility index (Phi) is 4.95. The number of piperidine rings is 1. The van der Waals surface area contributed by atoms with E-state index in [9.17, 15) is 14.4 Å². The average Bonchev–Trinajstić information content (AvgIpc) is 3.00. The van der Waals surface area contributed by atoms with Crippen LogP contribution in [0.3, 0.4) is 0 Å². The SMILES string of the molecule is CN(CC(=O)N1CCC[C@H](C(=O)c2cccs2)C1)C(N)=O. The normalized spacial score (nSPS) is 18.3. The van der Waals surface area contributed by atoms with Crippen LogP contribution in [0.5, 0.6) is 0 Å². The highest BCUT2D eigenvalue weighted by molar-refractivity contribution is 7.12. The fourth-order valence-electron chi connectivity index (χ4n) is 2.42. The van der Waals surface area contributed by atoms with Gasteiger partial charge in [0.15, 0.2) is 5.78 Å². The molecule has 2 N–H and O–H groups in total. The quantitative estimate of drug-likeness (QED) is 0.848. The number of hydrogen-bond acceptors (Lipinski definition) is 4. The maximum Gasteiger partial charge on any atom is 0.314 e. The molecule has 1 aliphatic rings. The minimum absolute atomic E-state index is 0.0464. The van der Waals surface area contributed by atoms with Gasteiger partial charge in [-0.05, 0) is 24.3 Å². The molecule has 0 bridgehead atoms. The van der Waals surface area contributed by atoms with Crippen molar-refractivity contribution in [3.05, 3.63) is 22.4 Å². The van der Waals surface area contributed by atoms with Crippen molar-refractivity contribution in [1.82, 2.24) is 9.80 Å². The van der Waals surface area contributed by atoms with E-state index >= 15 is 0 Å². The Balaban J connectivity index is 1.96. The fraction of sp³-hybridized carbons (Fsp3) is 0.500. The van der Waals surface area contributed by atoms with E-state index in [1.807, 2.05) is 17.5 Å². The lowest BCUT2D eigenvalue weighted by atomic mass is 9.93. The maximum atomic E-state index is 12.3. The van der Waals surface area contributed by atoms with Gasteiger partial charge in [-0.25, -0.2) is 4.79 Å². The van der Waals surface area contributed by atoms with Crippen molar-refractivity contribution in [2.24, 2.45) is 11.7 Å². The highest BCUT2D eigenvalue weighted by Gasteiger charge is 2.29. The van der Waals surface area contributed by atoms with Crippen LogP contribution >= 0.6 is 11.3 Å². The molecule has 2 rings (SSSR count). The van der Waals surface area contributed by atoms with Gasteiger partial charge in [0.1, 0.15) is 6.54 Å². The van der Waals surface area contributed by atoms with Gasteiger partial charge in [-0.15, -0.1) is 11.3 Å². The molecule has 0 unspecified atom stereocenters. The highest BCUT2D eigenvalue weighted by Crippen LogP contribution is 2.23. The van der Waals surface area contributed by atoms with Gasteiger partial charge in [-0.3, -0.25) is 9.59 Å². The van der Waals surface area contributed by atoms with Crippen molar-refractivity contribution < 1.29 is 14.4 Å². The molecular weight excluding hydrogens is 290 g/mol. The topological polar surface area (TPSA) is 83.7 Å². The Morgan fingerprint density at radius 1 is 1.48 bits per heavy atom. The molecule has 1 aromatic heterocycles. The number of Topliss-reactive ketones (excluding diaryl/α,β-unsaturated/α-hetero) is 1. The van der Waals surface area contributed by atoms with Gasteiger partial charge in [-0.1, -0.05) is 6.07 Å². The molecule has 6 nitrogen and oxygen atoms in total. The lowest BCUT2D eigenvalue weighted by Gasteiger charge is -2.32. The second kappa shape index (κ2) is 6.71. The van der Waals surface area contributed by atoms with Gasteiger partial charge in [0.2, 0.25) is 5.91 Å². The molecule has 3 amide bonds. The van der Waals surface area contributed by atoms with E-state index in [0.29, 0.717) is 13.1 Å². The van der Waals surface area contributed by atoms with Gasteiger partial charge >= 0.3 is 6.03 Å². The van der Waals surface area contributed by atoms with Gasteiger partial charge < -0.3 is 15.5 Å². The molecule has 114 valence electrons. The number of primary amides is 1. The minimum atomic E-state index is -0.633. The molecule has 7 heteroatoms. The molecule has 0 aromatic carbocycles. The van der Waals surface area contributed by atoms with Crippen LogP contribution in [0.15, 0.2) is 17.5 Å². The third kappa shape index (κ3) is 3.81. The van der Waals surface area contributed by atoms with Crippen LogP contribution in [0.4, 0.5) is 4.79 Å². The number of carbonyl (C=O) groups is 3. The first-order chi connectivity index (χ1) is 9.99. The van der Waals surface area contributed by atoms with Crippen molar-refractivity contribution in [3.8, 4) is 0 Å². The zero-order valence-corrected chi connectivity index (χ0v) is 12.8. The standard InChI is InChI=1S/C14H19N3O3S/c1-16(14(15)20)9-12(18)17-6-2-4-10(8-17)13(19)11-5-3-7-21-11/h3,5,7,10H,2,4,6,8-9H2,1H3,(H2,15,20)/t10-/m0/s1. The summed E-state index contributed by atoms with van der Waals surface area (Å²) in [5.74, 6) is -0.217. The molecule has 21 heavy (non-hydrogen) atoms. The monoisotopic (exact) mass is 309 g/mol. The number of likely N-dealkylation sites (N-methyl/N-ethyl adjacent to an activating group) is 1. The van der Waals surface area contributed by atoms with Gasteiger partial charge in [0.05, 0.1) is 4.88 Å². The van der Waals surface area contributed by atoms with Crippen LogP contribution in [0.1, 0.15) is 22.5 Å². The van der Waals surface area contributed by atoms with E-state index in [4.69, 9.17) is 5.73 Å². The summed E-state index contributed by atoms with van der Waals surface area (Å²) in [5.41, 5.74) is 5.12. The molecule has 1 aliphatic heterocycles. The summed E-state index contributed by atoms with van der Waals surface area (Å²) in [6.45, 7) is 0.997. The number of nitrogens with two attached hydrogens (primary N) is 1. The van der Waals surface area contributed by atoms with E-state index in [2.05, 4.69) is 0 Å². The lowest BCUT2D eigenvalue weighted by molar-refractivity contribution is -0.133. The lowest BCUT2D eigenvalue weighted by Crippen LogP contribution is -2.47. The number of ketones is 1. The molecule has 0 saturated carbocycles. The van der Waals surface area contributed by atoms with E-state index < -0.39 is 6.03 Å². The van der Waals surface area contributed by atoms with Gasteiger partial charge in [0, 0.05) is 26.1 Å². The van der Waals surface area contributed by atoms with Crippen molar-refractivity contribution in [2.75, 3.05) is 26.7 Å². The number of hydrogen-bond donors (Lipinski definition) is 1. The van der Waals surface area contributed by atoms with E-state index in [0.717, 1.165) is 17.7 Å². The first-order valence-corrected chi connectivity index (χ1v) is 7.73. The Morgan fingerprint density at radius 2 is 2.24 bits per heavy atom. The first kappa shape index (κ1) is 15.5. The van der Waals surface area contributed by atoms with Crippen LogP contribution in [-0.4, -0.2) is 54.2 Å². The van der Waals surface area contributed by atoms with Gasteiger partial charge in [0.25, 0.3) is 0 Å². The Morgan fingerprint density at radius 3 is 2.86 bits per heavy atom. The second-order valence-electron chi connectivity index (χ2n) is 5.21. The van der Waals surface area contributed by atoms with Crippen LogP contribution in [-0.2, 0) is 4.79 Å². The smallest absolute Gasteiger partial charge is 0.314 e. The number of carbonyl (C=O) groups excluding carboxylic acids is 3. The summed E-state index contributed by atoms with van der Waals surface area (Å²) < 4.78 is 0. The summed E-state index contributed by atoms with van der Waals surface area (Å²) in [5, 5.41) is 1.88. The summed E-state index contributed by atoms with van der Waals surface area (Å²) >= 11 is 1.43. The predicted molar refractivity (Wildman–Crippen MR) is 80.2 cm³/mol. The van der Waals surface area contributed by atoms with E-state index in [1.54, 1.807) is 4.90 Å². The first-order valence-electron chi connectivity index (χ1n) is 6.85. The molecule has 2 heterocycles. The number of nitrogens with zero attached hydrogens (tertiary/aromatic N) is 2. The predicted octanol–water partition coefficient (Wildman–Crippen LogP) is 1.18. The summed E-state index contributed by atoms with van der Waals surface area (Å²) in [4.78, 5) is 39.0. The summed E-state index contributed by atoms with van der Waals surface area (Å²) in [6, 6.07) is 3.03. The maximum absolute atomic E-state index is 12.3. The number of amides is 3. The Bertz CT molecular complexity index is 530. The molecule has 0 radical (unpaired) electrons. The molecule has 1 aromatic rings. The second-order valence-corrected chi connectivity index (χ2v) is 6.16. The van der Waals surface area contributed by atoms with Crippen LogP contribution < -0.4 is 5.73 Å². The van der Waals surface area contributed by atoms with Crippen LogP contribution in [0.2, 0.25) is 0 Å². The zero-order chi connectivity index (χ0) is 15.4. The molecule has 0 spiro atoms. The number of urea groups is 1. The highest BCUT2D eigenvalue weighted by atomic mass is 32.1. The fourth-order valence-corrected chi connectivity index (χ4v) is 3.16. The average molecular weight is 309 g/mol. The molecule has 1 saturated heterocycles. The van der Waals surface area contributed by atoms with E-state index in [-0.39, 0.29) is 24.2 Å². The van der Waals surface area contributed by atoms with Crippen molar-refractivity contribution in [1.29, 1.82) is 0 Å². The molecule has 0 aliphatic carbocycles. The third-order valence-corrected chi connectivity index (χ3v) is 4.54. The number of rotatable bonds is 4. The molecule has 1 fully saturated rings. The third-order valence-electron chi connectivity index (χ3n) is 3.66. The zero-order valence-electron chi connectivity index (χ0n) is 11.9. The molecular formula is C14H19N3O3S. The van der Waals surface area contributed by atoms with Crippen molar-refractivity contribution >= 4 is 29.1 Å². The minimum Gasteiger partial charge on any atom is -0.351 e. The summed E-state index contributed by atoms with van der Waals surface area (Å²) in [7, 11) is 1.48.